The number of nitrogens with zero attached hydrogens (tertiary/aromatic N) is 1. The van der Waals surface area contributed by atoms with Crippen LogP contribution in [0.25, 0.3) is 22.4 Å². The van der Waals surface area contributed by atoms with Gasteiger partial charge in [-0.25, -0.2) is 4.98 Å². The lowest BCUT2D eigenvalue weighted by atomic mass is 10.0. The maximum absolute atomic E-state index is 12.0. The monoisotopic (exact) mass is 364 g/mol. The molecule has 1 amide bonds. The van der Waals surface area contributed by atoms with Crippen LogP contribution in [0.15, 0.2) is 60.0 Å². The van der Waals surface area contributed by atoms with Gasteiger partial charge in [-0.1, -0.05) is 80.8 Å². The highest BCUT2D eigenvalue weighted by atomic mass is 32.1. The molecule has 3 nitrogen and oxygen atoms in total. The van der Waals surface area contributed by atoms with E-state index in [1.165, 1.54) is 35.3 Å². The fraction of sp³-hybridized carbons (Fsp3) is 0.273. The molecule has 3 rings (SSSR count). The van der Waals surface area contributed by atoms with E-state index in [2.05, 4.69) is 53.6 Å². The summed E-state index contributed by atoms with van der Waals surface area (Å²) in [5.74, 6) is 0.0569. The average molecular weight is 365 g/mol. The third kappa shape index (κ3) is 5.02. The molecule has 0 bridgehead atoms. The topological polar surface area (TPSA) is 42.0 Å². The van der Waals surface area contributed by atoms with Gasteiger partial charge in [-0.05, 0) is 17.5 Å². The van der Waals surface area contributed by atoms with Crippen molar-refractivity contribution < 1.29 is 4.79 Å². The molecule has 1 N–H and O–H groups in total. The third-order valence-corrected chi connectivity index (χ3v) is 5.05. The molecule has 1 heterocycles. The molecule has 0 spiro atoms. The van der Waals surface area contributed by atoms with Crippen LogP contribution in [0.4, 0.5) is 5.13 Å². The van der Waals surface area contributed by atoms with Crippen molar-refractivity contribution in [2.24, 2.45) is 0 Å². The summed E-state index contributed by atoms with van der Waals surface area (Å²) in [6.07, 6.45) is 4.99. The molecule has 2 aromatic carbocycles. The van der Waals surface area contributed by atoms with Crippen molar-refractivity contribution in [1.29, 1.82) is 0 Å². The van der Waals surface area contributed by atoms with E-state index < -0.39 is 0 Å². The second-order valence-corrected chi connectivity index (χ2v) is 7.20. The van der Waals surface area contributed by atoms with Crippen LogP contribution < -0.4 is 5.32 Å². The number of hydrogen-bond donors (Lipinski definition) is 1. The van der Waals surface area contributed by atoms with E-state index in [9.17, 15) is 4.79 Å². The van der Waals surface area contributed by atoms with Gasteiger partial charge in [0.15, 0.2) is 5.13 Å². The van der Waals surface area contributed by atoms with E-state index in [0.717, 1.165) is 24.1 Å². The largest absolute Gasteiger partial charge is 0.302 e. The third-order valence-electron chi connectivity index (χ3n) is 4.30. The van der Waals surface area contributed by atoms with Crippen molar-refractivity contribution in [3.05, 3.63) is 60.0 Å². The lowest BCUT2D eigenvalue weighted by molar-refractivity contribution is -0.116. The first-order chi connectivity index (χ1) is 12.8. The van der Waals surface area contributed by atoms with E-state index in [1.54, 1.807) is 0 Å². The Morgan fingerprint density at radius 1 is 0.923 bits per heavy atom. The van der Waals surface area contributed by atoms with E-state index in [1.807, 2.05) is 23.6 Å². The lowest BCUT2D eigenvalue weighted by Gasteiger charge is -2.03. The normalized spacial score (nSPS) is 10.7. The van der Waals surface area contributed by atoms with Gasteiger partial charge >= 0.3 is 0 Å². The Hall–Kier alpha value is -2.46. The van der Waals surface area contributed by atoms with Crippen LogP contribution in [-0.2, 0) is 4.79 Å². The number of hydrogen-bond acceptors (Lipinski definition) is 3. The number of amides is 1. The van der Waals surface area contributed by atoms with Crippen LogP contribution in [0.1, 0.15) is 39.0 Å². The second-order valence-electron chi connectivity index (χ2n) is 6.34. The molecule has 3 aromatic rings. The number of thiazole rings is 1. The Bertz CT molecular complexity index is 825. The number of benzene rings is 2. The first kappa shape index (κ1) is 18.3. The Morgan fingerprint density at radius 2 is 1.62 bits per heavy atom. The molecule has 0 unspecified atom stereocenters. The summed E-state index contributed by atoms with van der Waals surface area (Å²) >= 11 is 1.47. The minimum Gasteiger partial charge on any atom is -0.302 e. The van der Waals surface area contributed by atoms with Gasteiger partial charge in [-0.3, -0.25) is 4.79 Å². The van der Waals surface area contributed by atoms with Crippen molar-refractivity contribution in [3.63, 3.8) is 0 Å². The van der Waals surface area contributed by atoms with Crippen molar-refractivity contribution in [3.8, 4) is 22.4 Å². The molecule has 134 valence electrons. The molecule has 0 saturated heterocycles. The molecule has 0 aliphatic rings. The van der Waals surface area contributed by atoms with Gasteiger partial charge in [0.1, 0.15) is 0 Å². The fourth-order valence-corrected chi connectivity index (χ4v) is 3.56. The van der Waals surface area contributed by atoms with Crippen LogP contribution in [-0.4, -0.2) is 10.9 Å². The molecule has 26 heavy (non-hydrogen) atoms. The Kier molecular flexibility index (Phi) is 6.56. The molecule has 0 saturated carbocycles. The maximum Gasteiger partial charge on any atom is 0.226 e. The molecule has 1 aromatic heterocycles. The first-order valence-corrected chi connectivity index (χ1v) is 10.1. The van der Waals surface area contributed by atoms with E-state index in [-0.39, 0.29) is 5.91 Å². The Balaban J connectivity index is 1.60. The highest BCUT2D eigenvalue weighted by Crippen LogP contribution is 2.27. The Labute approximate surface area is 159 Å². The summed E-state index contributed by atoms with van der Waals surface area (Å²) < 4.78 is 0. The molecule has 0 aliphatic carbocycles. The summed E-state index contributed by atoms with van der Waals surface area (Å²) in [5.41, 5.74) is 4.35. The summed E-state index contributed by atoms with van der Waals surface area (Å²) in [6, 6.07) is 18.7. The van der Waals surface area contributed by atoms with Crippen LogP contribution >= 0.6 is 11.3 Å². The van der Waals surface area contributed by atoms with Crippen molar-refractivity contribution in [1.82, 2.24) is 4.98 Å². The van der Waals surface area contributed by atoms with Gasteiger partial charge in [-0.2, -0.15) is 0 Å². The van der Waals surface area contributed by atoms with E-state index in [0.29, 0.717) is 11.6 Å². The first-order valence-electron chi connectivity index (χ1n) is 9.17. The highest BCUT2D eigenvalue weighted by molar-refractivity contribution is 7.14. The summed E-state index contributed by atoms with van der Waals surface area (Å²) in [6.45, 7) is 2.17. The highest BCUT2D eigenvalue weighted by Gasteiger charge is 2.08. The lowest BCUT2D eigenvalue weighted by Crippen LogP contribution is -2.10. The van der Waals surface area contributed by atoms with Crippen LogP contribution in [0.2, 0.25) is 0 Å². The van der Waals surface area contributed by atoms with Crippen LogP contribution in [0, 0.1) is 0 Å². The average Bonchev–Trinajstić information content (AvgIpc) is 3.14. The fourth-order valence-electron chi connectivity index (χ4n) is 2.82. The molecule has 0 atom stereocenters. The predicted octanol–water partition coefficient (Wildman–Crippen LogP) is 6.39. The van der Waals surface area contributed by atoms with Gasteiger partial charge in [0, 0.05) is 17.4 Å². The van der Waals surface area contributed by atoms with Crippen LogP contribution in [0.3, 0.4) is 0 Å². The van der Waals surface area contributed by atoms with Gasteiger partial charge < -0.3 is 5.32 Å². The zero-order chi connectivity index (χ0) is 18.2. The molecule has 0 radical (unpaired) electrons. The molecule has 0 aliphatic heterocycles. The Morgan fingerprint density at radius 3 is 2.35 bits per heavy atom. The second kappa shape index (κ2) is 9.30. The number of carbonyl (C=O) groups is 1. The zero-order valence-electron chi connectivity index (χ0n) is 15.1. The smallest absolute Gasteiger partial charge is 0.226 e. The van der Waals surface area contributed by atoms with Gasteiger partial charge in [0.25, 0.3) is 0 Å². The number of nitrogens with one attached hydrogen (secondary N) is 1. The SMILES string of the molecule is CCCCCCC(=O)Nc1nc(-c2ccc(-c3ccccc3)cc2)cs1. The van der Waals surface area contributed by atoms with Crippen molar-refractivity contribution in [2.45, 2.75) is 39.0 Å². The van der Waals surface area contributed by atoms with Crippen molar-refractivity contribution >= 4 is 22.4 Å². The molecular formula is C22H24N2OS. The summed E-state index contributed by atoms with van der Waals surface area (Å²) in [5, 5.41) is 5.58. The maximum atomic E-state index is 12.0. The van der Waals surface area contributed by atoms with Gasteiger partial charge in [-0.15, -0.1) is 11.3 Å². The number of aromatic nitrogens is 1. The summed E-state index contributed by atoms with van der Waals surface area (Å²) in [7, 11) is 0. The quantitative estimate of drug-likeness (QED) is 0.471. The van der Waals surface area contributed by atoms with Crippen LogP contribution in [0.5, 0.6) is 0 Å². The summed E-state index contributed by atoms with van der Waals surface area (Å²) in [4.78, 5) is 16.5. The van der Waals surface area contributed by atoms with E-state index >= 15 is 0 Å². The number of rotatable bonds is 8. The van der Waals surface area contributed by atoms with Gasteiger partial charge in [0.2, 0.25) is 5.91 Å². The van der Waals surface area contributed by atoms with Crippen molar-refractivity contribution in [2.75, 3.05) is 5.32 Å². The minimum atomic E-state index is 0.0569. The molecular weight excluding hydrogens is 340 g/mol. The standard InChI is InChI=1S/C22H24N2OS/c1-2-3-4-8-11-21(25)24-22-23-20(16-26-22)19-14-12-18(13-15-19)17-9-6-5-7-10-17/h5-7,9-10,12-16H,2-4,8,11H2,1H3,(H,23,24,25). The molecule has 4 heteroatoms. The van der Waals surface area contributed by atoms with E-state index in [4.69, 9.17) is 0 Å². The zero-order valence-corrected chi connectivity index (χ0v) is 15.9. The van der Waals surface area contributed by atoms with Gasteiger partial charge in [0.05, 0.1) is 5.69 Å². The number of anilines is 1. The number of carbonyl (C=O) groups excluding carboxylic acids is 1. The predicted molar refractivity (Wildman–Crippen MR) is 110 cm³/mol. The number of unbranched alkanes of at least 4 members (excludes halogenated alkanes) is 3. The minimum absolute atomic E-state index is 0.0569. The molecule has 0 fully saturated rings.